The van der Waals surface area contributed by atoms with Gasteiger partial charge in [-0.1, -0.05) is 49.2 Å². The van der Waals surface area contributed by atoms with Gasteiger partial charge in [-0.3, -0.25) is 0 Å². The maximum atomic E-state index is 6.17. The van der Waals surface area contributed by atoms with Crippen LogP contribution in [0.5, 0.6) is 5.75 Å². The quantitative estimate of drug-likeness (QED) is 0.781. The molecule has 100 valence electrons. The summed E-state index contributed by atoms with van der Waals surface area (Å²) in [4.78, 5) is 0. The van der Waals surface area contributed by atoms with Crippen molar-refractivity contribution in [1.29, 1.82) is 0 Å². The largest absolute Gasteiger partial charge is 0.488 e. The summed E-state index contributed by atoms with van der Waals surface area (Å²) in [5.41, 5.74) is 0.978. The molecule has 1 rings (SSSR count). The Labute approximate surface area is 119 Å². The number of nitrogens with one attached hydrogen (secondary N) is 1. The molecule has 0 saturated heterocycles. The van der Waals surface area contributed by atoms with E-state index in [1.807, 2.05) is 25.1 Å². The SMILES string of the molecule is C/C=C/COc1c(Cl)cc(Cl)cc1CNC(C)C. The Morgan fingerprint density at radius 3 is 2.67 bits per heavy atom. The van der Waals surface area contributed by atoms with E-state index in [0.29, 0.717) is 35.0 Å². The molecule has 4 heteroatoms. The fraction of sp³-hybridized carbons (Fsp3) is 0.429. The van der Waals surface area contributed by atoms with Crippen molar-refractivity contribution in [3.05, 3.63) is 39.9 Å². The van der Waals surface area contributed by atoms with Crippen LogP contribution in [0.25, 0.3) is 0 Å². The van der Waals surface area contributed by atoms with Crippen LogP contribution in [0.3, 0.4) is 0 Å². The van der Waals surface area contributed by atoms with Gasteiger partial charge in [-0.15, -0.1) is 0 Å². The third kappa shape index (κ3) is 4.89. The molecule has 0 fully saturated rings. The third-order valence-corrected chi connectivity index (χ3v) is 2.84. The minimum Gasteiger partial charge on any atom is -0.488 e. The molecule has 0 aromatic heterocycles. The molecular weight excluding hydrogens is 269 g/mol. The number of ether oxygens (including phenoxy) is 1. The van der Waals surface area contributed by atoms with E-state index in [4.69, 9.17) is 27.9 Å². The summed E-state index contributed by atoms with van der Waals surface area (Å²) in [5.74, 6) is 0.701. The van der Waals surface area contributed by atoms with Gasteiger partial charge in [-0.25, -0.2) is 0 Å². The summed E-state index contributed by atoms with van der Waals surface area (Å²) in [7, 11) is 0. The van der Waals surface area contributed by atoms with Crippen LogP contribution in [-0.2, 0) is 6.54 Å². The molecule has 0 amide bonds. The van der Waals surface area contributed by atoms with Crippen molar-refractivity contribution >= 4 is 23.2 Å². The van der Waals surface area contributed by atoms with E-state index in [2.05, 4.69) is 19.2 Å². The molecule has 0 aliphatic rings. The van der Waals surface area contributed by atoms with Crippen molar-refractivity contribution in [3.8, 4) is 5.75 Å². The van der Waals surface area contributed by atoms with Crippen LogP contribution in [0.2, 0.25) is 10.0 Å². The second kappa shape index (κ2) is 7.67. The minimum atomic E-state index is 0.395. The maximum absolute atomic E-state index is 6.17. The highest BCUT2D eigenvalue weighted by Crippen LogP contribution is 2.32. The first-order valence-electron chi connectivity index (χ1n) is 5.99. The average molecular weight is 288 g/mol. The van der Waals surface area contributed by atoms with Gasteiger partial charge in [0.2, 0.25) is 0 Å². The van der Waals surface area contributed by atoms with E-state index < -0.39 is 0 Å². The van der Waals surface area contributed by atoms with Crippen molar-refractivity contribution in [2.45, 2.75) is 33.4 Å². The van der Waals surface area contributed by atoms with E-state index in [1.54, 1.807) is 6.07 Å². The molecular formula is C14H19Cl2NO. The third-order valence-electron chi connectivity index (χ3n) is 2.35. The van der Waals surface area contributed by atoms with Crippen LogP contribution in [0.1, 0.15) is 26.3 Å². The fourth-order valence-electron chi connectivity index (χ4n) is 1.45. The molecule has 2 nitrogen and oxygen atoms in total. The predicted octanol–water partition coefficient (Wildman–Crippen LogP) is 4.45. The number of allylic oxidation sites excluding steroid dienone is 1. The Balaban J connectivity index is 2.89. The molecule has 0 saturated carbocycles. The predicted molar refractivity (Wildman–Crippen MR) is 78.7 cm³/mol. The summed E-state index contributed by atoms with van der Waals surface area (Å²) in [6.07, 6.45) is 3.88. The Morgan fingerprint density at radius 1 is 1.33 bits per heavy atom. The van der Waals surface area contributed by atoms with Gasteiger partial charge in [0.25, 0.3) is 0 Å². The molecule has 1 N–H and O–H groups in total. The van der Waals surface area contributed by atoms with Crippen LogP contribution in [0.4, 0.5) is 0 Å². The number of hydrogen-bond donors (Lipinski definition) is 1. The second-order valence-corrected chi connectivity index (χ2v) is 5.14. The highest BCUT2D eigenvalue weighted by atomic mass is 35.5. The van der Waals surface area contributed by atoms with Crippen molar-refractivity contribution in [2.24, 2.45) is 0 Å². The van der Waals surface area contributed by atoms with Crippen LogP contribution in [0.15, 0.2) is 24.3 Å². The van der Waals surface area contributed by atoms with Crippen LogP contribution in [-0.4, -0.2) is 12.6 Å². The van der Waals surface area contributed by atoms with Gasteiger partial charge in [-0.2, -0.15) is 0 Å². The van der Waals surface area contributed by atoms with Gasteiger partial charge in [-0.05, 0) is 19.1 Å². The van der Waals surface area contributed by atoms with Crippen LogP contribution in [0, 0.1) is 0 Å². The van der Waals surface area contributed by atoms with Crippen molar-refractivity contribution < 1.29 is 4.74 Å². The molecule has 18 heavy (non-hydrogen) atoms. The summed E-state index contributed by atoms with van der Waals surface area (Å²) < 4.78 is 5.68. The molecule has 0 aliphatic carbocycles. The fourth-order valence-corrected chi connectivity index (χ4v) is 2.04. The lowest BCUT2D eigenvalue weighted by atomic mass is 10.2. The summed E-state index contributed by atoms with van der Waals surface area (Å²) in [6.45, 7) is 7.32. The normalized spacial score (nSPS) is 11.4. The average Bonchev–Trinajstić information content (AvgIpc) is 2.29. The summed E-state index contributed by atoms with van der Waals surface area (Å²) >= 11 is 12.2. The Hall–Kier alpha value is -0.700. The van der Waals surface area contributed by atoms with E-state index in [1.165, 1.54) is 0 Å². The molecule has 0 aliphatic heterocycles. The van der Waals surface area contributed by atoms with Gasteiger partial charge in [0.05, 0.1) is 5.02 Å². The Morgan fingerprint density at radius 2 is 2.06 bits per heavy atom. The Kier molecular flexibility index (Phi) is 6.55. The first-order valence-corrected chi connectivity index (χ1v) is 6.75. The zero-order valence-electron chi connectivity index (χ0n) is 11.0. The smallest absolute Gasteiger partial charge is 0.142 e. The number of rotatable bonds is 6. The van der Waals surface area contributed by atoms with E-state index in [0.717, 1.165) is 5.56 Å². The van der Waals surface area contributed by atoms with Crippen molar-refractivity contribution in [3.63, 3.8) is 0 Å². The lowest BCUT2D eigenvalue weighted by Crippen LogP contribution is -2.22. The van der Waals surface area contributed by atoms with E-state index >= 15 is 0 Å². The van der Waals surface area contributed by atoms with Gasteiger partial charge < -0.3 is 10.1 Å². The molecule has 1 aromatic rings. The van der Waals surface area contributed by atoms with Gasteiger partial charge in [0.1, 0.15) is 12.4 Å². The second-order valence-electron chi connectivity index (χ2n) is 4.29. The standard InChI is InChI=1S/C14H19Cl2NO/c1-4-5-6-18-14-11(9-17-10(2)3)7-12(15)8-13(14)16/h4-5,7-8,10,17H,6,9H2,1-3H3/b5-4+. The maximum Gasteiger partial charge on any atom is 0.142 e. The first kappa shape index (κ1) is 15.4. The van der Waals surface area contributed by atoms with Gasteiger partial charge >= 0.3 is 0 Å². The van der Waals surface area contributed by atoms with Gasteiger partial charge in [0.15, 0.2) is 0 Å². The molecule has 0 unspecified atom stereocenters. The van der Waals surface area contributed by atoms with Crippen molar-refractivity contribution in [2.75, 3.05) is 6.61 Å². The number of halogens is 2. The molecule has 1 aromatic carbocycles. The van der Waals surface area contributed by atoms with E-state index in [-0.39, 0.29) is 0 Å². The highest BCUT2D eigenvalue weighted by molar-refractivity contribution is 6.35. The van der Waals surface area contributed by atoms with Crippen LogP contribution >= 0.6 is 23.2 Å². The highest BCUT2D eigenvalue weighted by Gasteiger charge is 2.10. The zero-order valence-corrected chi connectivity index (χ0v) is 12.5. The molecule has 0 radical (unpaired) electrons. The zero-order chi connectivity index (χ0) is 13.5. The molecule has 0 heterocycles. The lowest BCUT2D eigenvalue weighted by Gasteiger charge is -2.15. The molecule has 0 atom stereocenters. The first-order chi connectivity index (χ1) is 8.54. The van der Waals surface area contributed by atoms with Gasteiger partial charge in [0, 0.05) is 23.2 Å². The lowest BCUT2D eigenvalue weighted by molar-refractivity contribution is 0.357. The summed E-state index contributed by atoms with van der Waals surface area (Å²) in [5, 5.41) is 4.50. The number of benzene rings is 1. The van der Waals surface area contributed by atoms with E-state index in [9.17, 15) is 0 Å². The topological polar surface area (TPSA) is 21.3 Å². The number of hydrogen-bond acceptors (Lipinski definition) is 2. The molecule has 0 spiro atoms. The summed E-state index contributed by atoms with van der Waals surface area (Å²) in [6, 6.07) is 3.98. The van der Waals surface area contributed by atoms with Crippen LogP contribution < -0.4 is 10.1 Å². The minimum absolute atomic E-state index is 0.395. The molecule has 0 bridgehead atoms. The Bertz CT molecular complexity index is 417. The van der Waals surface area contributed by atoms with Crippen molar-refractivity contribution in [1.82, 2.24) is 5.32 Å². The monoisotopic (exact) mass is 287 g/mol.